The van der Waals surface area contributed by atoms with Crippen LogP contribution in [0.5, 0.6) is 11.5 Å². The highest BCUT2D eigenvalue weighted by Crippen LogP contribution is 2.47. The lowest BCUT2D eigenvalue weighted by molar-refractivity contribution is -0.116. The first-order chi connectivity index (χ1) is 13.5. The highest BCUT2D eigenvalue weighted by atomic mass is 19.3. The topological polar surface area (TPSA) is 47.6 Å². The molecule has 148 valence electrons. The van der Waals surface area contributed by atoms with E-state index in [1.54, 1.807) is 25.1 Å². The molecule has 1 aliphatic carbocycles. The lowest BCUT2D eigenvalue weighted by Crippen LogP contribution is -2.30. The van der Waals surface area contributed by atoms with E-state index in [0.717, 1.165) is 12.8 Å². The van der Waals surface area contributed by atoms with E-state index in [2.05, 4.69) is 22.2 Å². The van der Waals surface area contributed by atoms with Crippen LogP contribution in [0.25, 0.3) is 6.08 Å². The summed E-state index contributed by atoms with van der Waals surface area (Å²) in [5.74, 6) is -0.0172. The molecule has 0 unspecified atom stereocenters. The fraction of sp³-hybridized carbons (Fsp3) is 0.318. The van der Waals surface area contributed by atoms with Gasteiger partial charge >= 0.3 is 6.61 Å². The number of nitrogens with one attached hydrogen (secondary N) is 1. The zero-order chi connectivity index (χ0) is 20.0. The summed E-state index contributed by atoms with van der Waals surface area (Å²) in [6.07, 6.45) is 5.17. The summed E-state index contributed by atoms with van der Waals surface area (Å²) in [6, 6.07) is 14.7. The fourth-order valence-electron chi connectivity index (χ4n) is 3.09. The van der Waals surface area contributed by atoms with Crippen LogP contribution < -0.4 is 14.8 Å². The Morgan fingerprint density at radius 3 is 2.57 bits per heavy atom. The van der Waals surface area contributed by atoms with Gasteiger partial charge in [0.2, 0.25) is 5.91 Å². The van der Waals surface area contributed by atoms with Crippen LogP contribution in [0.1, 0.15) is 30.9 Å². The Morgan fingerprint density at radius 2 is 1.93 bits per heavy atom. The highest BCUT2D eigenvalue weighted by molar-refractivity contribution is 5.91. The molecule has 1 saturated carbocycles. The Balaban J connectivity index is 1.60. The Hall–Kier alpha value is -2.89. The average Bonchev–Trinajstić information content (AvgIpc) is 3.48. The molecule has 1 N–H and O–H groups in total. The summed E-state index contributed by atoms with van der Waals surface area (Å²) < 4.78 is 34.7. The van der Waals surface area contributed by atoms with E-state index in [-0.39, 0.29) is 22.8 Å². The van der Waals surface area contributed by atoms with Gasteiger partial charge in [0.25, 0.3) is 0 Å². The van der Waals surface area contributed by atoms with E-state index >= 15 is 0 Å². The zero-order valence-electron chi connectivity index (χ0n) is 15.7. The lowest BCUT2D eigenvalue weighted by Gasteiger charge is -2.15. The SMILES string of the molecule is CCOc1cc(/C=C/C(=O)NCC2(c3ccccc3)CC2)ccc1OC(F)F. The van der Waals surface area contributed by atoms with E-state index < -0.39 is 6.61 Å². The normalized spacial score (nSPS) is 14.9. The summed E-state index contributed by atoms with van der Waals surface area (Å²) in [4.78, 5) is 12.2. The van der Waals surface area contributed by atoms with Crippen molar-refractivity contribution in [1.29, 1.82) is 0 Å². The summed E-state index contributed by atoms with van der Waals surface area (Å²) >= 11 is 0. The molecule has 2 aromatic carbocycles. The Bertz CT molecular complexity index is 833. The number of ether oxygens (including phenoxy) is 2. The van der Waals surface area contributed by atoms with Crippen LogP contribution in [0.3, 0.4) is 0 Å². The van der Waals surface area contributed by atoms with Crippen molar-refractivity contribution in [3.8, 4) is 11.5 Å². The van der Waals surface area contributed by atoms with Crippen molar-refractivity contribution in [3.05, 3.63) is 65.7 Å². The first-order valence-electron chi connectivity index (χ1n) is 9.25. The largest absolute Gasteiger partial charge is 0.490 e. The fourth-order valence-corrected chi connectivity index (χ4v) is 3.09. The number of hydrogen-bond acceptors (Lipinski definition) is 3. The molecule has 4 nitrogen and oxygen atoms in total. The van der Waals surface area contributed by atoms with Crippen LogP contribution in [0.4, 0.5) is 8.78 Å². The van der Waals surface area contributed by atoms with Gasteiger partial charge in [0.05, 0.1) is 6.61 Å². The Labute approximate surface area is 163 Å². The average molecular weight is 387 g/mol. The van der Waals surface area contributed by atoms with Crippen LogP contribution in [0.2, 0.25) is 0 Å². The molecule has 0 aromatic heterocycles. The predicted octanol–water partition coefficient (Wildman–Crippen LogP) is 4.55. The van der Waals surface area contributed by atoms with E-state index in [1.165, 1.54) is 17.7 Å². The van der Waals surface area contributed by atoms with Crippen LogP contribution >= 0.6 is 0 Å². The number of carbonyl (C=O) groups excluding carboxylic acids is 1. The van der Waals surface area contributed by atoms with Crippen molar-refractivity contribution >= 4 is 12.0 Å². The third-order valence-corrected chi connectivity index (χ3v) is 4.75. The molecule has 0 aliphatic heterocycles. The highest BCUT2D eigenvalue weighted by Gasteiger charge is 2.44. The summed E-state index contributed by atoms with van der Waals surface area (Å²) in [5, 5.41) is 2.95. The van der Waals surface area contributed by atoms with Crippen LogP contribution in [0, 0.1) is 0 Å². The molecule has 0 saturated heterocycles. The van der Waals surface area contributed by atoms with Crippen LogP contribution in [0.15, 0.2) is 54.6 Å². The quantitative estimate of drug-likeness (QED) is 0.642. The second-order valence-electron chi connectivity index (χ2n) is 6.72. The minimum atomic E-state index is -2.93. The van der Waals surface area contributed by atoms with Crippen LogP contribution in [-0.4, -0.2) is 25.7 Å². The molecule has 0 radical (unpaired) electrons. The number of hydrogen-bond donors (Lipinski definition) is 1. The number of alkyl halides is 2. The van der Waals surface area contributed by atoms with Crippen molar-refractivity contribution in [2.24, 2.45) is 0 Å². The number of halogens is 2. The summed E-state index contributed by atoms with van der Waals surface area (Å²) in [6.45, 7) is -0.270. The van der Waals surface area contributed by atoms with Gasteiger partial charge in [-0.2, -0.15) is 8.78 Å². The number of rotatable bonds is 9. The summed E-state index contributed by atoms with van der Waals surface area (Å²) in [7, 11) is 0. The predicted molar refractivity (Wildman–Crippen MR) is 104 cm³/mol. The molecular weight excluding hydrogens is 364 g/mol. The second kappa shape index (κ2) is 8.87. The minimum Gasteiger partial charge on any atom is -0.490 e. The van der Waals surface area contributed by atoms with E-state index in [9.17, 15) is 13.6 Å². The molecule has 1 aliphatic rings. The van der Waals surface area contributed by atoms with Gasteiger partial charge in [-0.3, -0.25) is 4.79 Å². The number of amides is 1. The summed E-state index contributed by atoms with van der Waals surface area (Å²) in [5.41, 5.74) is 1.95. The standard InChI is InChI=1S/C22H23F2NO3/c1-2-27-19-14-16(8-10-18(19)28-21(23)24)9-11-20(26)25-15-22(12-13-22)17-6-4-3-5-7-17/h3-11,14,21H,2,12-13,15H2,1H3,(H,25,26)/b11-9+. The molecule has 0 spiro atoms. The molecule has 0 atom stereocenters. The van der Waals surface area contributed by atoms with E-state index in [1.807, 2.05) is 18.2 Å². The van der Waals surface area contributed by atoms with Gasteiger partial charge in [-0.15, -0.1) is 0 Å². The van der Waals surface area contributed by atoms with Crippen LogP contribution in [-0.2, 0) is 10.2 Å². The molecule has 0 heterocycles. The molecule has 1 fully saturated rings. The van der Waals surface area contributed by atoms with Gasteiger partial charge in [-0.25, -0.2) is 0 Å². The van der Waals surface area contributed by atoms with E-state index in [4.69, 9.17) is 4.74 Å². The molecule has 28 heavy (non-hydrogen) atoms. The Morgan fingerprint density at radius 1 is 1.18 bits per heavy atom. The minimum absolute atomic E-state index is 0.0306. The van der Waals surface area contributed by atoms with Gasteiger partial charge in [0, 0.05) is 18.0 Å². The van der Waals surface area contributed by atoms with Gasteiger partial charge in [0.1, 0.15) is 0 Å². The van der Waals surface area contributed by atoms with Crippen molar-refractivity contribution < 1.29 is 23.0 Å². The molecule has 6 heteroatoms. The van der Waals surface area contributed by atoms with Gasteiger partial charge in [-0.1, -0.05) is 36.4 Å². The molecule has 3 rings (SSSR count). The third kappa shape index (κ3) is 5.09. The number of benzene rings is 2. The zero-order valence-corrected chi connectivity index (χ0v) is 15.7. The molecular formula is C22H23F2NO3. The van der Waals surface area contributed by atoms with Crippen molar-refractivity contribution in [2.75, 3.05) is 13.2 Å². The smallest absolute Gasteiger partial charge is 0.387 e. The maximum Gasteiger partial charge on any atom is 0.387 e. The Kier molecular flexibility index (Phi) is 6.29. The van der Waals surface area contributed by atoms with Gasteiger partial charge in [0.15, 0.2) is 11.5 Å². The molecule has 0 bridgehead atoms. The van der Waals surface area contributed by atoms with E-state index in [0.29, 0.717) is 18.7 Å². The first-order valence-corrected chi connectivity index (χ1v) is 9.25. The van der Waals surface area contributed by atoms with Crippen molar-refractivity contribution in [1.82, 2.24) is 5.32 Å². The molecule has 1 amide bonds. The maximum absolute atomic E-state index is 12.5. The van der Waals surface area contributed by atoms with Crippen molar-refractivity contribution in [3.63, 3.8) is 0 Å². The molecule has 2 aromatic rings. The third-order valence-electron chi connectivity index (χ3n) is 4.75. The second-order valence-corrected chi connectivity index (χ2v) is 6.72. The first kappa shape index (κ1) is 19.9. The number of carbonyl (C=O) groups is 1. The monoisotopic (exact) mass is 387 g/mol. The van der Waals surface area contributed by atoms with Crippen molar-refractivity contribution in [2.45, 2.75) is 31.8 Å². The maximum atomic E-state index is 12.5. The van der Waals surface area contributed by atoms with Gasteiger partial charge < -0.3 is 14.8 Å². The lowest BCUT2D eigenvalue weighted by atomic mass is 9.96. The van der Waals surface area contributed by atoms with Gasteiger partial charge in [-0.05, 0) is 49.1 Å².